The molecule has 1 amide bonds. The van der Waals surface area contributed by atoms with Gasteiger partial charge in [0.2, 0.25) is 0 Å². The van der Waals surface area contributed by atoms with Gasteiger partial charge < -0.3 is 9.47 Å². The highest BCUT2D eigenvalue weighted by Gasteiger charge is 2.08. The Kier molecular flexibility index (Phi) is 7.02. The Morgan fingerprint density at radius 1 is 1.04 bits per heavy atom. The van der Waals surface area contributed by atoms with Crippen LogP contribution >= 0.6 is 22.6 Å². The van der Waals surface area contributed by atoms with Gasteiger partial charge in [-0.1, -0.05) is 42.5 Å². The average Bonchev–Trinajstić information content (AvgIpc) is 2.73. The number of carbonyl (C=O) groups is 1. The van der Waals surface area contributed by atoms with Crippen molar-refractivity contribution in [2.45, 2.75) is 6.61 Å². The van der Waals surface area contributed by atoms with Gasteiger partial charge in [0, 0.05) is 11.1 Å². The molecule has 0 saturated carbocycles. The van der Waals surface area contributed by atoms with Gasteiger partial charge in [-0.15, -0.1) is 0 Å². The van der Waals surface area contributed by atoms with Gasteiger partial charge in [-0.25, -0.2) is 5.43 Å². The summed E-state index contributed by atoms with van der Waals surface area (Å²) in [5.74, 6) is 1.13. The third-order valence-corrected chi connectivity index (χ3v) is 4.78. The quantitative estimate of drug-likeness (QED) is 0.301. The van der Waals surface area contributed by atoms with Gasteiger partial charge in [-0.05, 0) is 58.5 Å². The lowest BCUT2D eigenvalue weighted by Gasteiger charge is -2.09. The number of nitrogens with zero attached hydrogens (tertiary/aromatic N) is 1. The number of halogens is 1. The van der Waals surface area contributed by atoms with Crippen LogP contribution in [0.15, 0.2) is 77.9 Å². The van der Waals surface area contributed by atoms with Crippen LogP contribution in [0.2, 0.25) is 0 Å². The highest BCUT2D eigenvalue weighted by Crippen LogP contribution is 2.21. The maximum absolute atomic E-state index is 12.3. The lowest BCUT2D eigenvalue weighted by Crippen LogP contribution is -2.17. The molecule has 142 valence electrons. The summed E-state index contributed by atoms with van der Waals surface area (Å²) >= 11 is 2.12. The Labute approximate surface area is 177 Å². The first-order valence-corrected chi connectivity index (χ1v) is 9.68. The van der Waals surface area contributed by atoms with Crippen LogP contribution in [-0.4, -0.2) is 19.2 Å². The Morgan fingerprint density at radius 3 is 2.54 bits per heavy atom. The van der Waals surface area contributed by atoms with Crippen LogP contribution in [0.3, 0.4) is 0 Å². The molecule has 0 aliphatic carbocycles. The molecule has 1 N–H and O–H groups in total. The zero-order chi connectivity index (χ0) is 19.8. The topological polar surface area (TPSA) is 59.9 Å². The molecule has 0 aromatic heterocycles. The maximum atomic E-state index is 12.3. The minimum absolute atomic E-state index is 0.292. The predicted octanol–water partition coefficient (Wildman–Crippen LogP) is 4.64. The summed E-state index contributed by atoms with van der Waals surface area (Å²) in [7, 11) is 1.60. The molecule has 0 heterocycles. The first-order chi connectivity index (χ1) is 13.7. The van der Waals surface area contributed by atoms with Crippen molar-refractivity contribution < 1.29 is 14.3 Å². The van der Waals surface area contributed by atoms with Crippen LogP contribution in [-0.2, 0) is 6.61 Å². The van der Waals surface area contributed by atoms with E-state index in [9.17, 15) is 4.79 Å². The molecule has 0 spiro atoms. The number of amides is 1. The zero-order valence-corrected chi connectivity index (χ0v) is 17.4. The molecule has 6 heteroatoms. The molecule has 0 fully saturated rings. The molecule has 0 aliphatic heterocycles. The van der Waals surface area contributed by atoms with Crippen molar-refractivity contribution >= 4 is 34.7 Å². The minimum atomic E-state index is -0.292. The van der Waals surface area contributed by atoms with Crippen molar-refractivity contribution in [1.82, 2.24) is 5.43 Å². The summed E-state index contributed by atoms with van der Waals surface area (Å²) in [5, 5.41) is 4.07. The van der Waals surface area contributed by atoms with Crippen molar-refractivity contribution in [1.29, 1.82) is 0 Å². The highest BCUT2D eigenvalue weighted by molar-refractivity contribution is 14.1. The summed E-state index contributed by atoms with van der Waals surface area (Å²) in [5.41, 5.74) is 4.91. The van der Waals surface area contributed by atoms with E-state index in [0.717, 1.165) is 20.4 Å². The summed E-state index contributed by atoms with van der Waals surface area (Å²) in [4.78, 5) is 12.3. The number of nitrogens with one attached hydrogen (secondary N) is 1. The number of carbonyl (C=O) groups excluding carboxylic acids is 1. The van der Waals surface area contributed by atoms with E-state index in [-0.39, 0.29) is 5.91 Å². The third-order valence-electron chi connectivity index (χ3n) is 3.94. The van der Waals surface area contributed by atoms with Crippen molar-refractivity contribution in [3.63, 3.8) is 0 Å². The molecule has 0 saturated heterocycles. The molecule has 3 rings (SSSR count). The molecule has 3 aromatic carbocycles. The standard InChI is InChI=1S/C22H19IN2O3/c1-27-21-12-11-17(13-19(21)23)22(26)25-24-14-18-9-5-6-10-20(18)28-15-16-7-3-2-4-8-16/h2-14H,15H2,1H3,(H,25,26)/b24-14-. The fourth-order valence-electron chi connectivity index (χ4n) is 2.49. The Hall–Kier alpha value is -2.87. The second kappa shape index (κ2) is 9.89. The van der Waals surface area contributed by atoms with Gasteiger partial charge in [0.25, 0.3) is 5.91 Å². The fraction of sp³-hybridized carbons (Fsp3) is 0.0909. The van der Waals surface area contributed by atoms with Crippen molar-refractivity contribution in [2.24, 2.45) is 5.10 Å². The SMILES string of the molecule is COc1ccc(C(=O)N/N=C\c2ccccc2OCc2ccccc2)cc1I. The zero-order valence-electron chi connectivity index (χ0n) is 15.3. The number of rotatable bonds is 7. The van der Waals surface area contributed by atoms with E-state index >= 15 is 0 Å². The van der Waals surface area contributed by atoms with Gasteiger partial charge in [0.15, 0.2) is 0 Å². The Bertz CT molecular complexity index is 975. The fourth-order valence-corrected chi connectivity index (χ4v) is 3.22. The predicted molar refractivity (Wildman–Crippen MR) is 118 cm³/mol. The van der Waals surface area contributed by atoms with E-state index in [1.807, 2.05) is 54.6 Å². The number of hydrogen-bond donors (Lipinski definition) is 1. The Balaban J connectivity index is 1.64. The second-order valence-electron chi connectivity index (χ2n) is 5.86. The first-order valence-electron chi connectivity index (χ1n) is 8.60. The lowest BCUT2D eigenvalue weighted by atomic mass is 10.2. The number of benzene rings is 3. The minimum Gasteiger partial charge on any atom is -0.496 e. The van der Waals surface area contributed by atoms with Crippen LogP contribution in [0.5, 0.6) is 11.5 Å². The third kappa shape index (κ3) is 5.32. The lowest BCUT2D eigenvalue weighted by molar-refractivity contribution is 0.0955. The molecule has 0 atom stereocenters. The average molecular weight is 486 g/mol. The van der Waals surface area contributed by atoms with Crippen LogP contribution in [0.4, 0.5) is 0 Å². The summed E-state index contributed by atoms with van der Waals surface area (Å²) in [6, 6.07) is 22.7. The number of hydrogen-bond acceptors (Lipinski definition) is 4. The second-order valence-corrected chi connectivity index (χ2v) is 7.02. The van der Waals surface area contributed by atoms with E-state index < -0.39 is 0 Å². The van der Waals surface area contributed by atoms with Gasteiger partial charge in [0.05, 0.1) is 16.9 Å². The first kappa shape index (κ1) is 19.9. The summed E-state index contributed by atoms with van der Waals surface area (Å²) in [6.07, 6.45) is 1.58. The molecule has 28 heavy (non-hydrogen) atoms. The van der Waals surface area contributed by atoms with Gasteiger partial charge in [-0.2, -0.15) is 5.10 Å². The van der Waals surface area contributed by atoms with E-state index in [1.165, 1.54) is 0 Å². The largest absolute Gasteiger partial charge is 0.496 e. The molecule has 0 bridgehead atoms. The summed E-state index contributed by atoms with van der Waals surface area (Å²) < 4.78 is 11.9. The van der Waals surface area contributed by atoms with E-state index in [0.29, 0.717) is 17.9 Å². The van der Waals surface area contributed by atoms with Gasteiger partial charge >= 0.3 is 0 Å². The monoisotopic (exact) mass is 486 g/mol. The van der Waals surface area contributed by atoms with Crippen LogP contribution < -0.4 is 14.9 Å². The number of methoxy groups -OCH3 is 1. The Morgan fingerprint density at radius 2 is 1.79 bits per heavy atom. The van der Waals surface area contributed by atoms with E-state index in [2.05, 4.69) is 33.1 Å². The molecule has 0 unspecified atom stereocenters. The van der Waals surface area contributed by atoms with Crippen LogP contribution in [0, 0.1) is 3.57 Å². The van der Waals surface area contributed by atoms with Crippen LogP contribution in [0.1, 0.15) is 21.5 Å². The molecular formula is C22H19IN2O3. The smallest absolute Gasteiger partial charge is 0.271 e. The molecule has 5 nitrogen and oxygen atoms in total. The van der Waals surface area contributed by atoms with E-state index in [4.69, 9.17) is 9.47 Å². The number of hydrazone groups is 1. The van der Waals surface area contributed by atoms with Crippen LogP contribution in [0.25, 0.3) is 0 Å². The highest BCUT2D eigenvalue weighted by atomic mass is 127. The van der Waals surface area contributed by atoms with Crippen molar-refractivity contribution in [2.75, 3.05) is 7.11 Å². The summed E-state index contributed by atoms with van der Waals surface area (Å²) in [6.45, 7) is 0.461. The number of para-hydroxylation sites is 1. The molecule has 3 aromatic rings. The van der Waals surface area contributed by atoms with Gasteiger partial charge in [-0.3, -0.25) is 4.79 Å². The number of ether oxygens (including phenoxy) is 2. The molecular weight excluding hydrogens is 467 g/mol. The van der Waals surface area contributed by atoms with Crippen molar-refractivity contribution in [3.05, 3.63) is 93.1 Å². The molecule has 0 radical (unpaired) electrons. The van der Waals surface area contributed by atoms with Crippen molar-refractivity contribution in [3.8, 4) is 11.5 Å². The van der Waals surface area contributed by atoms with E-state index in [1.54, 1.807) is 31.5 Å². The normalized spacial score (nSPS) is 10.6. The van der Waals surface area contributed by atoms with Gasteiger partial charge in [0.1, 0.15) is 18.1 Å². The molecule has 0 aliphatic rings. The maximum Gasteiger partial charge on any atom is 0.271 e.